The molecule has 0 unspecified atom stereocenters. The molecule has 1 amide bonds. The fourth-order valence-corrected chi connectivity index (χ4v) is 1.69. The summed E-state index contributed by atoms with van der Waals surface area (Å²) < 4.78 is 0. The van der Waals surface area contributed by atoms with Crippen molar-refractivity contribution in [3.63, 3.8) is 0 Å². The summed E-state index contributed by atoms with van der Waals surface area (Å²) in [5.41, 5.74) is 1.67. The van der Waals surface area contributed by atoms with Gasteiger partial charge in [-0.05, 0) is 37.3 Å². The number of hydrogen-bond donors (Lipinski definition) is 2. The van der Waals surface area contributed by atoms with E-state index in [2.05, 4.69) is 10.3 Å². The van der Waals surface area contributed by atoms with Gasteiger partial charge in [-0.3, -0.25) is 9.78 Å². The van der Waals surface area contributed by atoms with Crippen LogP contribution < -0.4 is 5.32 Å². The number of pyridine rings is 1. The van der Waals surface area contributed by atoms with E-state index in [1.165, 1.54) is 12.1 Å². The highest BCUT2D eigenvalue weighted by Gasteiger charge is 2.10. The Morgan fingerprint density at radius 1 is 1.39 bits per heavy atom. The Kier molecular flexibility index (Phi) is 3.48. The smallest absolute Gasteiger partial charge is 0.257 e. The molecule has 2 N–H and O–H groups in total. The van der Waals surface area contributed by atoms with Crippen LogP contribution in [0.1, 0.15) is 16.1 Å². The molecule has 5 heteroatoms. The zero-order valence-corrected chi connectivity index (χ0v) is 10.4. The Morgan fingerprint density at radius 2 is 2.17 bits per heavy atom. The maximum absolute atomic E-state index is 12.0. The number of amides is 1. The van der Waals surface area contributed by atoms with Crippen LogP contribution in [0.3, 0.4) is 0 Å². The molecule has 1 heterocycles. The third-order valence-electron chi connectivity index (χ3n) is 2.46. The van der Waals surface area contributed by atoms with Crippen molar-refractivity contribution in [3.05, 3.63) is 52.8 Å². The minimum Gasteiger partial charge on any atom is -0.506 e. The summed E-state index contributed by atoms with van der Waals surface area (Å²) in [5, 5.41) is 12.2. The van der Waals surface area contributed by atoms with Gasteiger partial charge in [-0.25, -0.2) is 0 Å². The highest BCUT2D eigenvalue weighted by Crippen LogP contribution is 2.26. The maximum atomic E-state index is 12.0. The number of benzene rings is 1. The lowest BCUT2D eigenvalue weighted by atomic mass is 10.2. The predicted octanol–water partition coefficient (Wildman–Crippen LogP) is 3.00. The zero-order chi connectivity index (χ0) is 13.1. The lowest BCUT2D eigenvalue weighted by Crippen LogP contribution is -2.13. The molecule has 18 heavy (non-hydrogen) atoms. The van der Waals surface area contributed by atoms with Crippen molar-refractivity contribution in [1.82, 2.24) is 4.98 Å². The third kappa shape index (κ3) is 2.60. The van der Waals surface area contributed by atoms with Crippen LogP contribution in [0, 0.1) is 6.92 Å². The van der Waals surface area contributed by atoms with Crippen LogP contribution >= 0.6 is 11.6 Å². The summed E-state index contributed by atoms with van der Waals surface area (Å²) in [6, 6.07) is 7.88. The van der Waals surface area contributed by atoms with Crippen LogP contribution in [-0.2, 0) is 0 Å². The molecule has 0 aliphatic rings. The van der Waals surface area contributed by atoms with Crippen molar-refractivity contribution in [2.24, 2.45) is 0 Å². The summed E-state index contributed by atoms with van der Waals surface area (Å²) in [4.78, 5) is 16.0. The molecule has 2 aromatic rings. The van der Waals surface area contributed by atoms with E-state index in [1.807, 2.05) is 0 Å². The average molecular weight is 263 g/mol. The second-order valence-corrected chi connectivity index (χ2v) is 4.16. The van der Waals surface area contributed by atoms with Crippen molar-refractivity contribution < 1.29 is 9.90 Å². The van der Waals surface area contributed by atoms with E-state index in [9.17, 15) is 9.90 Å². The van der Waals surface area contributed by atoms with Gasteiger partial charge in [0.1, 0.15) is 5.75 Å². The summed E-state index contributed by atoms with van der Waals surface area (Å²) >= 11 is 5.76. The number of carbonyl (C=O) groups excluding carboxylic acids is 1. The molecule has 2 rings (SSSR count). The molecule has 0 radical (unpaired) electrons. The van der Waals surface area contributed by atoms with Gasteiger partial charge in [0.2, 0.25) is 0 Å². The van der Waals surface area contributed by atoms with Crippen LogP contribution in [0.2, 0.25) is 5.02 Å². The van der Waals surface area contributed by atoms with E-state index < -0.39 is 0 Å². The average Bonchev–Trinajstić information content (AvgIpc) is 2.34. The largest absolute Gasteiger partial charge is 0.506 e. The molecule has 0 bridgehead atoms. The first-order chi connectivity index (χ1) is 8.58. The molecular formula is C13H11ClN2O2. The normalized spacial score (nSPS) is 10.1. The Hall–Kier alpha value is -2.07. The van der Waals surface area contributed by atoms with Gasteiger partial charge in [0, 0.05) is 17.6 Å². The zero-order valence-electron chi connectivity index (χ0n) is 9.64. The van der Waals surface area contributed by atoms with Crippen LogP contribution in [0.25, 0.3) is 0 Å². The third-order valence-corrected chi connectivity index (χ3v) is 2.76. The van der Waals surface area contributed by atoms with Crippen molar-refractivity contribution in [3.8, 4) is 5.75 Å². The van der Waals surface area contributed by atoms with Gasteiger partial charge in [-0.15, -0.1) is 0 Å². The summed E-state index contributed by atoms with van der Waals surface area (Å²) in [6.45, 7) is 1.76. The molecule has 0 atom stereocenters. The summed E-state index contributed by atoms with van der Waals surface area (Å²) in [7, 11) is 0. The van der Waals surface area contributed by atoms with Crippen LogP contribution in [-0.4, -0.2) is 16.0 Å². The van der Waals surface area contributed by atoms with Crippen molar-refractivity contribution in [1.29, 1.82) is 0 Å². The molecule has 0 saturated heterocycles. The fourth-order valence-electron chi connectivity index (χ4n) is 1.51. The highest BCUT2D eigenvalue weighted by atomic mass is 35.5. The van der Waals surface area contributed by atoms with Crippen molar-refractivity contribution >= 4 is 23.2 Å². The van der Waals surface area contributed by atoms with E-state index in [-0.39, 0.29) is 16.7 Å². The molecule has 0 fully saturated rings. The van der Waals surface area contributed by atoms with Gasteiger partial charge in [0.15, 0.2) is 0 Å². The van der Waals surface area contributed by atoms with Crippen molar-refractivity contribution in [2.45, 2.75) is 6.92 Å². The van der Waals surface area contributed by atoms with Gasteiger partial charge < -0.3 is 10.4 Å². The quantitative estimate of drug-likeness (QED) is 0.818. The number of phenolic OH excluding ortho intramolecular Hbond substituents is 1. The van der Waals surface area contributed by atoms with Crippen LogP contribution in [0.4, 0.5) is 5.69 Å². The number of aromatic hydroxyl groups is 1. The predicted molar refractivity (Wildman–Crippen MR) is 70.0 cm³/mol. The van der Waals surface area contributed by atoms with Gasteiger partial charge >= 0.3 is 0 Å². The maximum Gasteiger partial charge on any atom is 0.257 e. The molecule has 0 aliphatic carbocycles. The number of hydrogen-bond acceptors (Lipinski definition) is 3. The van der Waals surface area contributed by atoms with E-state index in [0.29, 0.717) is 16.9 Å². The Morgan fingerprint density at radius 3 is 2.83 bits per heavy atom. The molecule has 0 aliphatic heterocycles. The SMILES string of the molecule is Cc1ncccc1C(=O)Nc1ccc(O)c(Cl)c1. The first kappa shape index (κ1) is 12.4. The molecule has 92 valence electrons. The van der Waals surface area contributed by atoms with E-state index in [0.717, 1.165) is 0 Å². The van der Waals surface area contributed by atoms with Crippen LogP contribution in [0.15, 0.2) is 36.5 Å². The second-order valence-electron chi connectivity index (χ2n) is 3.76. The van der Waals surface area contributed by atoms with Crippen molar-refractivity contribution in [2.75, 3.05) is 5.32 Å². The van der Waals surface area contributed by atoms with E-state index in [1.54, 1.807) is 31.3 Å². The number of rotatable bonds is 2. The Balaban J connectivity index is 2.22. The Bertz CT molecular complexity index is 599. The lowest BCUT2D eigenvalue weighted by molar-refractivity contribution is 0.102. The molecular weight excluding hydrogens is 252 g/mol. The molecule has 4 nitrogen and oxygen atoms in total. The second kappa shape index (κ2) is 5.06. The summed E-state index contributed by atoms with van der Waals surface area (Å²) in [6.07, 6.45) is 1.63. The molecule has 0 saturated carbocycles. The first-order valence-electron chi connectivity index (χ1n) is 5.29. The first-order valence-corrected chi connectivity index (χ1v) is 5.67. The van der Waals surface area contributed by atoms with E-state index in [4.69, 9.17) is 11.6 Å². The van der Waals surface area contributed by atoms with Gasteiger partial charge in [0.25, 0.3) is 5.91 Å². The van der Waals surface area contributed by atoms with E-state index >= 15 is 0 Å². The Labute approximate surface area is 109 Å². The summed E-state index contributed by atoms with van der Waals surface area (Å²) in [5.74, 6) is -0.283. The monoisotopic (exact) mass is 262 g/mol. The molecule has 1 aromatic carbocycles. The number of nitrogens with one attached hydrogen (secondary N) is 1. The minimum atomic E-state index is -0.262. The fraction of sp³-hybridized carbons (Fsp3) is 0.0769. The number of carbonyl (C=O) groups is 1. The van der Waals surface area contributed by atoms with Crippen LogP contribution in [0.5, 0.6) is 5.75 Å². The molecule has 0 spiro atoms. The number of anilines is 1. The highest BCUT2D eigenvalue weighted by molar-refractivity contribution is 6.32. The van der Waals surface area contributed by atoms with Gasteiger partial charge in [0.05, 0.1) is 10.6 Å². The number of halogens is 1. The number of aromatic nitrogens is 1. The number of nitrogens with zero attached hydrogens (tertiary/aromatic N) is 1. The van der Waals surface area contributed by atoms with Gasteiger partial charge in [-0.1, -0.05) is 11.6 Å². The standard InChI is InChI=1S/C13H11ClN2O2/c1-8-10(3-2-6-15-8)13(18)16-9-4-5-12(17)11(14)7-9/h2-7,17H,1H3,(H,16,18). The molecule has 1 aromatic heterocycles. The van der Waals surface area contributed by atoms with Gasteiger partial charge in [-0.2, -0.15) is 0 Å². The number of phenols is 1. The topological polar surface area (TPSA) is 62.2 Å². The minimum absolute atomic E-state index is 0.0211. The lowest BCUT2D eigenvalue weighted by Gasteiger charge is -2.07. The number of aryl methyl sites for hydroxylation is 1.